The van der Waals surface area contributed by atoms with Gasteiger partial charge in [-0.05, 0) is 61.6 Å². The van der Waals surface area contributed by atoms with Gasteiger partial charge in [0.15, 0.2) is 0 Å². The molecule has 0 radical (unpaired) electrons. The lowest BCUT2D eigenvalue weighted by Crippen LogP contribution is -2.13. The number of halogens is 2. The van der Waals surface area contributed by atoms with Gasteiger partial charge >= 0.3 is 0 Å². The van der Waals surface area contributed by atoms with Crippen molar-refractivity contribution in [2.45, 2.75) is 57.3 Å². The van der Waals surface area contributed by atoms with Crippen LogP contribution in [0.15, 0.2) is 24.3 Å². The van der Waals surface area contributed by atoms with Gasteiger partial charge in [0.05, 0.1) is 11.6 Å². The molecule has 0 unspecified atom stereocenters. The SMILES string of the molecule is N#Cc1ccc(C2CCC(CCCC(F)F)CC2)cc1. The zero-order valence-corrected chi connectivity index (χ0v) is 11.7. The maximum atomic E-state index is 12.1. The number of alkyl halides is 2. The van der Waals surface area contributed by atoms with Crippen molar-refractivity contribution in [1.82, 2.24) is 0 Å². The van der Waals surface area contributed by atoms with Crippen LogP contribution >= 0.6 is 0 Å². The van der Waals surface area contributed by atoms with E-state index >= 15 is 0 Å². The lowest BCUT2D eigenvalue weighted by Gasteiger charge is -2.28. The number of rotatable bonds is 5. The molecule has 0 aliphatic heterocycles. The molecule has 1 aromatic carbocycles. The fourth-order valence-electron chi connectivity index (χ4n) is 3.18. The third kappa shape index (κ3) is 4.30. The Morgan fingerprint density at radius 2 is 1.75 bits per heavy atom. The first-order valence-electron chi connectivity index (χ1n) is 7.47. The summed E-state index contributed by atoms with van der Waals surface area (Å²) in [6, 6.07) is 10.0. The molecule has 0 saturated heterocycles. The number of nitrogens with zero attached hydrogens (tertiary/aromatic N) is 1. The fourth-order valence-corrected chi connectivity index (χ4v) is 3.18. The summed E-state index contributed by atoms with van der Waals surface area (Å²) in [6.07, 6.45) is 4.09. The molecule has 1 saturated carbocycles. The van der Waals surface area contributed by atoms with Gasteiger partial charge in [-0.2, -0.15) is 5.26 Å². The Morgan fingerprint density at radius 3 is 2.30 bits per heavy atom. The quantitative estimate of drug-likeness (QED) is 0.719. The van der Waals surface area contributed by atoms with Gasteiger partial charge in [0.2, 0.25) is 6.43 Å². The minimum Gasteiger partial charge on any atom is -0.211 e. The number of benzene rings is 1. The molecular weight excluding hydrogens is 256 g/mol. The summed E-state index contributed by atoms with van der Waals surface area (Å²) in [5, 5.41) is 8.79. The van der Waals surface area contributed by atoms with E-state index in [2.05, 4.69) is 18.2 Å². The van der Waals surface area contributed by atoms with E-state index in [0.717, 1.165) is 32.1 Å². The Morgan fingerprint density at radius 1 is 1.10 bits per heavy atom. The molecule has 0 bridgehead atoms. The van der Waals surface area contributed by atoms with Crippen molar-refractivity contribution in [3.05, 3.63) is 35.4 Å². The second kappa shape index (κ2) is 7.38. The van der Waals surface area contributed by atoms with Crippen LogP contribution in [0.25, 0.3) is 0 Å². The minimum absolute atomic E-state index is 0.0511. The van der Waals surface area contributed by atoms with E-state index in [1.54, 1.807) is 0 Å². The van der Waals surface area contributed by atoms with Crippen LogP contribution in [-0.2, 0) is 0 Å². The van der Waals surface area contributed by atoms with Crippen LogP contribution in [0.5, 0.6) is 0 Å². The third-order valence-electron chi connectivity index (χ3n) is 4.39. The molecule has 0 aromatic heterocycles. The third-order valence-corrected chi connectivity index (χ3v) is 4.39. The first kappa shape index (κ1) is 15.0. The van der Waals surface area contributed by atoms with Crippen LogP contribution in [0, 0.1) is 17.2 Å². The van der Waals surface area contributed by atoms with Crippen LogP contribution in [0.2, 0.25) is 0 Å². The minimum atomic E-state index is -2.15. The van der Waals surface area contributed by atoms with Gasteiger partial charge in [0.25, 0.3) is 0 Å². The highest BCUT2D eigenvalue weighted by atomic mass is 19.3. The molecule has 1 aromatic rings. The monoisotopic (exact) mass is 277 g/mol. The maximum Gasteiger partial charge on any atom is 0.238 e. The summed E-state index contributed by atoms with van der Waals surface area (Å²) in [7, 11) is 0. The van der Waals surface area contributed by atoms with E-state index in [4.69, 9.17) is 5.26 Å². The molecule has 3 heteroatoms. The molecule has 0 heterocycles. The number of hydrogen-bond acceptors (Lipinski definition) is 1. The van der Waals surface area contributed by atoms with Crippen molar-refractivity contribution >= 4 is 0 Å². The Bertz CT molecular complexity index is 439. The smallest absolute Gasteiger partial charge is 0.211 e. The highest BCUT2D eigenvalue weighted by Crippen LogP contribution is 2.37. The molecule has 0 atom stereocenters. The van der Waals surface area contributed by atoms with E-state index in [1.807, 2.05) is 12.1 Å². The van der Waals surface area contributed by atoms with Gasteiger partial charge in [0.1, 0.15) is 0 Å². The lowest BCUT2D eigenvalue weighted by atomic mass is 9.77. The Balaban J connectivity index is 1.77. The van der Waals surface area contributed by atoms with E-state index in [0.29, 0.717) is 23.8 Å². The first-order chi connectivity index (χ1) is 9.69. The van der Waals surface area contributed by atoms with Crippen molar-refractivity contribution in [2.75, 3.05) is 0 Å². The number of nitriles is 1. The molecule has 0 N–H and O–H groups in total. The van der Waals surface area contributed by atoms with Crippen molar-refractivity contribution in [2.24, 2.45) is 5.92 Å². The molecule has 1 nitrogen and oxygen atoms in total. The average molecular weight is 277 g/mol. The zero-order valence-electron chi connectivity index (χ0n) is 11.7. The van der Waals surface area contributed by atoms with Gasteiger partial charge in [-0.15, -0.1) is 0 Å². The van der Waals surface area contributed by atoms with Crippen LogP contribution < -0.4 is 0 Å². The van der Waals surface area contributed by atoms with Crippen LogP contribution in [0.4, 0.5) is 8.78 Å². The van der Waals surface area contributed by atoms with Crippen LogP contribution in [0.3, 0.4) is 0 Å². The molecule has 1 fully saturated rings. The average Bonchev–Trinajstić information content (AvgIpc) is 2.48. The summed E-state index contributed by atoms with van der Waals surface area (Å²) in [6.45, 7) is 0. The Labute approximate surface area is 119 Å². The first-order valence-corrected chi connectivity index (χ1v) is 7.47. The lowest BCUT2D eigenvalue weighted by molar-refractivity contribution is 0.130. The molecule has 2 rings (SSSR count). The molecule has 1 aliphatic rings. The Kier molecular flexibility index (Phi) is 5.52. The van der Waals surface area contributed by atoms with E-state index in [1.165, 1.54) is 5.56 Å². The van der Waals surface area contributed by atoms with Gasteiger partial charge < -0.3 is 0 Å². The standard InChI is InChI=1S/C17H21F2N/c18-17(19)3-1-2-13-4-8-15(9-5-13)16-10-6-14(12-20)7-11-16/h6-7,10-11,13,15,17H,1-5,8-9H2. The molecular formula is C17H21F2N. The van der Waals surface area contributed by atoms with Crippen molar-refractivity contribution in [3.8, 4) is 6.07 Å². The van der Waals surface area contributed by atoms with Crippen molar-refractivity contribution in [3.63, 3.8) is 0 Å². The maximum absolute atomic E-state index is 12.1. The summed E-state index contributed by atoms with van der Waals surface area (Å²) in [4.78, 5) is 0. The van der Waals surface area contributed by atoms with Crippen molar-refractivity contribution in [1.29, 1.82) is 5.26 Å². The highest BCUT2D eigenvalue weighted by molar-refractivity contribution is 5.33. The van der Waals surface area contributed by atoms with E-state index in [9.17, 15) is 8.78 Å². The summed E-state index contributed by atoms with van der Waals surface area (Å²) < 4.78 is 24.2. The van der Waals surface area contributed by atoms with E-state index < -0.39 is 6.43 Å². The fraction of sp³-hybridized carbons (Fsp3) is 0.588. The zero-order chi connectivity index (χ0) is 14.4. The summed E-state index contributed by atoms with van der Waals surface area (Å²) in [5.41, 5.74) is 2.02. The van der Waals surface area contributed by atoms with Gasteiger partial charge in [0, 0.05) is 6.42 Å². The molecule has 0 amide bonds. The van der Waals surface area contributed by atoms with Gasteiger partial charge in [-0.25, -0.2) is 8.78 Å². The highest BCUT2D eigenvalue weighted by Gasteiger charge is 2.22. The summed E-state index contributed by atoms with van der Waals surface area (Å²) in [5.74, 6) is 1.21. The number of hydrogen-bond donors (Lipinski definition) is 0. The molecule has 1 aliphatic carbocycles. The molecule has 108 valence electrons. The van der Waals surface area contributed by atoms with Crippen LogP contribution in [0.1, 0.15) is 62.0 Å². The van der Waals surface area contributed by atoms with E-state index in [-0.39, 0.29) is 6.42 Å². The predicted octanol–water partition coefficient (Wildman–Crippen LogP) is 5.27. The molecule has 20 heavy (non-hydrogen) atoms. The summed E-state index contributed by atoms with van der Waals surface area (Å²) >= 11 is 0. The topological polar surface area (TPSA) is 23.8 Å². The molecule has 0 spiro atoms. The second-order valence-corrected chi connectivity index (χ2v) is 5.77. The second-order valence-electron chi connectivity index (χ2n) is 5.77. The normalized spacial score (nSPS) is 22.7. The predicted molar refractivity (Wildman–Crippen MR) is 75.7 cm³/mol. The largest absolute Gasteiger partial charge is 0.238 e. The van der Waals surface area contributed by atoms with Crippen LogP contribution in [-0.4, -0.2) is 6.43 Å². The Hall–Kier alpha value is -1.43. The van der Waals surface area contributed by atoms with Crippen molar-refractivity contribution < 1.29 is 8.78 Å². The van der Waals surface area contributed by atoms with Gasteiger partial charge in [-0.1, -0.05) is 18.6 Å². The van der Waals surface area contributed by atoms with Gasteiger partial charge in [-0.3, -0.25) is 0 Å².